The number of fused-ring (bicyclic) bond motifs is 2. The van der Waals surface area contributed by atoms with Crippen LogP contribution in [0.5, 0.6) is 0 Å². The molecule has 2 bridgehead atoms. The van der Waals surface area contributed by atoms with E-state index in [4.69, 9.17) is 9.84 Å². The first-order valence-electron chi connectivity index (χ1n) is 6.62. The summed E-state index contributed by atoms with van der Waals surface area (Å²) in [6, 6.07) is 0. The fourth-order valence-electron chi connectivity index (χ4n) is 3.34. The molecule has 0 aromatic carbocycles. The van der Waals surface area contributed by atoms with E-state index < -0.39 is 12.1 Å². The lowest BCUT2D eigenvalue weighted by Crippen LogP contribution is -2.39. The first-order valence-corrected chi connectivity index (χ1v) is 6.62. The topological polar surface area (TPSA) is 75.6 Å². The molecule has 0 aliphatic heterocycles. The largest absolute Gasteiger partial charge is 0.481 e. The van der Waals surface area contributed by atoms with E-state index in [1.54, 1.807) is 0 Å². The number of amides is 1. The number of methoxy groups -OCH3 is 1. The number of hydrogen-bond acceptors (Lipinski definition) is 3. The molecule has 5 heteroatoms. The summed E-state index contributed by atoms with van der Waals surface area (Å²) in [6.45, 7) is 0.287. The summed E-state index contributed by atoms with van der Waals surface area (Å²) >= 11 is 0. The number of carboxylic acids is 1. The maximum atomic E-state index is 12.0. The Morgan fingerprint density at radius 3 is 2.67 bits per heavy atom. The van der Waals surface area contributed by atoms with E-state index in [1.807, 2.05) is 0 Å². The molecule has 0 heterocycles. The molecule has 0 aromatic rings. The summed E-state index contributed by atoms with van der Waals surface area (Å²) in [4.78, 5) is 22.6. The summed E-state index contributed by atoms with van der Waals surface area (Å²) < 4.78 is 5.04. The van der Waals surface area contributed by atoms with Gasteiger partial charge < -0.3 is 15.2 Å². The quantitative estimate of drug-likeness (QED) is 0.743. The summed E-state index contributed by atoms with van der Waals surface area (Å²) in [5.41, 5.74) is 0. The molecule has 1 amide bonds. The highest BCUT2D eigenvalue weighted by atomic mass is 16.5. The van der Waals surface area contributed by atoms with Crippen molar-refractivity contribution in [3.05, 3.63) is 0 Å². The van der Waals surface area contributed by atoms with E-state index in [9.17, 15) is 9.59 Å². The molecule has 5 nitrogen and oxygen atoms in total. The van der Waals surface area contributed by atoms with Crippen LogP contribution in [0.4, 0.5) is 0 Å². The van der Waals surface area contributed by atoms with Gasteiger partial charge in [0, 0.05) is 19.6 Å². The maximum Gasteiger partial charge on any atom is 0.306 e. The van der Waals surface area contributed by atoms with Gasteiger partial charge in [-0.25, -0.2) is 0 Å². The van der Waals surface area contributed by atoms with E-state index in [1.165, 1.54) is 26.4 Å². The molecule has 0 spiro atoms. The minimum Gasteiger partial charge on any atom is -0.481 e. The SMILES string of the molecule is COC(CNC(=O)C1CC2CCC1C2)CC(=O)O. The van der Waals surface area contributed by atoms with Crippen LogP contribution in [0, 0.1) is 17.8 Å². The molecular weight excluding hydrogens is 234 g/mol. The summed E-state index contributed by atoms with van der Waals surface area (Å²) in [5, 5.41) is 11.5. The fraction of sp³-hybridized carbons (Fsp3) is 0.846. The van der Waals surface area contributed by atoms with Crippen LogP contribution in [0.3, 0.4) is 0 Å². The van der Waals surface area contributed by atoms with Crippen LogP contribution in [-0.4, -0.2) is 36.7 Å². The normalized spacial score (nSPS) is 31.3. The summed E-state index contributed by atoms with van der Waals surface area (Å²) in [5.74, 6) is 0.607. The second-order valence-corrected chi connectivity index (χ2v) is 5.48. The molecule has 4 atom stereocenters. The van der Waals surface area contributed by atoms with Gasteiger partial charge in [-0.05, 0) is 31.1 Å². The molecule has 18 heavy (non-hydrogen) atoms. The molecule has 2 aliphatic rings. The average Bonchev–Trinajstić information content (AvgIpc) is 2.95. The van der Waals surface area contributed by atoms with E-state index in [-0.39, 0.29) is 24.8 Å². The third-order valence-corrected chi connectivity index (χ3v) is 4.31. The standard InChI is InChI=1S/C13H21NO4/c1-18-10(6-12(15)16)7-14-13(17)11-5-8-2-3-9(11)4-8/h8-11H,2-7H2,1H3,(H,14,17)(H,15,16). The smallest absolute Gasteiger partial charge is 0.306 e. The molecule has 2 saturated carbocycles. The van der Waals surface area contributed by atoms with Crippen LogP contribution >= 0.6 is 0 Å². The van der Waals surface area contributed by atoms with Gasteiger partial charge in [0.2, 0.25) is 5.91 Å². The number of carbonyl (C=O) groups excluding carboxylic acids is 1. The average molecular weight is 255 g/mol. The van der Waals surface area contributed by atoms with Crippen molar-refractivity contribution in [1.82, 2.24) is 5.32 Å². The van der Waals surface area contributed by atoms with Gasteiger partial charge in [0.15, 0.2) is 0 Å². The lowest BCUT2D eigenvalue weighted by Gasteiger charge is -2.22. The Hall–Kier alpha value is -1.10. The van der Waals surface area contributed by atoms with Crippen LogP contribution < -0.4 is 5.32 Å². The zero-order chi connectivity index (χ0) is 13.1. The highest BCUT2D eigenvalue weighted by Gasteiger charge is 2.42. The van der Waals surface area contributed by atoms with Crippen LogP contribution in [0.25, 0.3) is 0 Å². The van der Waals surface area contributed by atoms with Gasteiger partial charge >= 0.3 is 5.97 Å². The van der Waals surface area contributed by atoms with Crippen molar-refractivity contribution in [1.29, 1.82) is 0 Å². The first kappa shape index (κ1) is 13.3. The van der Waals surface area contributed by atoms with Crippen LogP contribution in [0.1, 0.15) is 32.1 Å². The number of nitrogens with one attached hydrogen (secondary N) is 1. The van der Waals surface area contributed by atoms with Crippen molar-refractivity contribution in [2.75, 3.05) is 13.7 Å². The Bertz CT molecular complexity index is 331. The third-order valence-electron chi connectivity index (χ3n) is 4.31. The highest BCUT2D eigenvalue weighted by molar-refractivity contribution is 5.79. The molecule has 0 saturated heterocycles. The Morgan fingerprint density at radius 2 is 2.17 bits per heavy atom. The van der Waals surface area contributed by atoms with Gasteiger partial charge in [-0.2, -0.15) is 0 Å². The molecule has 2 rings (SSSR count). The van der Waals surface area contributed by atoms with Gasteiger partial charge in [0.05, 0.1) is 12.5 Å². The first-order chi connectivity index (χ1) is 8.60. The number of rotatable bonds is 6. The van der Waals surface area contributed by atoms with E-state index >= 15 is 0 Å². The van der Waals surface area contributed by atoms with Gasteiger partial charge in [0.25, 0.3) is 0 Å². The highest BCUT2D eigenvalue weighted by Crippen LogP contribution is 2.48. The Balaban J connectivity index is 1.75. The van der Waals surface area contributed by atoms with Crippen molar-refractivity contribution in [2.24, 2.45) is 17.8 Å². The van der Waals surface area contributed by atoms with Crippen molar-refractivity contribution >= 4 is 11.9 Å². The summed E-state index contributed by atoms with van der Waals surface area (Å²) in [6.07, 6.45) is 4.13. The molecular formula is C13H21NO4. The van der Waals surface area contributed by atoms with Crippen molar-refractivity contribution in [3.63, 3.8) is 0 Å². The van der Waals surface area contributed by atoms with Gasteiger partial charge in [0.1, 0.15) is 0 Å². The minimum absolute atomic E-state index is 0.0759. The van der Waals surface area contributed by atoms with Crippen LogP contribution in [0.15, 0.2) is 0 Å². The fourth-order valence-corrected chi connectivity index (χ4v) is 3.34. The second kappa shape index (κ2) is 5.69. The predicted octanol–water partition coefficient (Wildman–Crippen LogP) is 1.03. The van der Waals surface area contributed by atoms with Gasteiger partial charge in [-0.1, -0.05) is 6.42 Å². The molecule has 0 radical (unpaired) electrons. The Kier molecular flexibility index (Phi) is 4.22. The predicted molar refractivity (Wildman–Crippen MR) is 65.0 cm³/mol. The van der Waals surface area contributed by atoms with Crippen molar-refractivity contribution in [3.8, 4) is 0 Å². The van der Waals surface area contributed by atoms with E-state index in [2.05, 4.69) is 5.32 Å². The number of aliphatic carboxylic acids is 1. The molecule has 102 valence electrons. The van der Waals surface area contributed by atoms with E-state index in [0.717, 1.165) is 12.3 Å². The van der Waals surface area contributed by atoms with Crippen molar-refractivity contribution in [2.45, 2.75) is 38.2 Å². The molecule has 2 aliphatic carbocycles. The number of carbonyl (C=O) groups is 2. The van der Waals surface area contributed by atoms with Gasteiger partial charge in [-0.3, -0.25) is 9.59 Å². The van der Waals surface area contributed by atoms with Gasteiger partial charge in [-0.15, -0.1) is 0 Å². The Labute approximate surface area is 107 Å². The minimum atomic E-state index is -0.906. The maximum absolute atomic E-state index is 12.0. The Morgan fingerprint density at radius 1 is 1.39 bits per heavy atom. The molecule has 2 N–H and O–H groups in total. The number of ether oxygens (including phenoxy) is 1. The van der Waals surface area contributed by atoms with Crippen LogP contribution in [-0.2, 0) is 14.3 Å². The number of hydrogen-bond donors (Lipinski definition) is 2. The third kappa shape index (κ3) is 3.02. The van der Waals surface area contributed by atoms with Crippen molar-refractivity contribution < 1.29 is 19.4 Å². The van der Waals surface area contributed by atoms with Crippen LogP contribution in [0.2, 0.25) is 0 Å². The number of carboxylic acid groups (broad SMARTS) is 1. The summed E-state index contributed by atoms with van der Waals surface area (Å²) in [7, 11) is 1.47. The molecule has 2 fully saturated rings. The zero-order valence-corrected chi connectivity index (χ0v) is 10.7. The lowest BCUT2D eigenvalue weighted by atomic mass is 9.88. The lowest BCUT2D eigenvalue weighted by molar-refractivity contribution is -0.140. The monoisotopic (exact) mass is 255 g/mol. The molecule has 0 aromatic heterocycles. The second-order valence-electron chi connectivity index (χ2n) is 5.48. The molecule has 4 unspecified atom stereocenters. The van der Waals surface area contributed by atoms with E-state index in [0.29, 0.717) is 5.92 Å². The zero-order valence-electron chi connectivity index (χ0n) is 10.7.